The average molecular weight is 354 g/mol. The summed E-state index contributed by atoms with van der Waals surface area (Å²) >= 11 is 0. The number of benzene rings is 2. The van der Waals surface area contributed by atoms with Crippen molar-refractivity contribution in [2.24, 2.45) is 0 Å². The number of carbonyl (C=O) groups excluding carboxylic acids is 1. The molecule has 2 aromatic carbocycles. The second-order valence-corrected chi connectivity index (χ2v) is 6.52. The molecule has 0 unspecified atom stereocenters. The molecule has 26 heavy (non-hydrogen) atoms. The van der Waals surface area contributed by atoms with E-state index in [2.05, 4.69) is 22.3 Å². The molecule has 0 aliphatic carbocycles. The van der Waals surface area contributed by atoms with E-state index in [0.29, 0.717) is 11.5 Å². The zero-order chi connectivity index (χ0) is 18.4. The van der Waals surface area contributed by atoms with E-state index in [4.69, 9.17) is 9.47 Å². The summed E-state index contributed by atoms with van der Waals surface area (Å²) in [5, 5.41) is 2.91. The van der Waals surface area contributed by atoms with Gasteiger partial charge in [-0.15, -0.1) is 0 Å². The van der Waals surface area contributed by atoms with Gasteiger partial charge in [-0.05, 0) is 62.6 Å². The van der Waals surface area contributed by atoms with E-state index < -0.39 is 6.10 Å². The van der Waals surface area contributed by atoms with Gasteiger partial charge in [0.15, 0.2) is 6.10 Å². The van der Waals surface area contributed by atoms with E-state index in [9.17, 15) is 4.79 Å². The van der Waals surface area contributed by atoms with Crippen molar-refractivity contribution in [2.75, 3.05) is 30.4 Å². The summed E-state index contributed by atoms with van der Waals surface area (Å²) < 4.78 is 10.9. The molecule has 3 rings (SSSR count). The Hall–Kier alpha value is -2.69. The predicted molar refractivity (Wildman–Crippen MR) is 104 cm³/mol. The Kier molecular flexibility index (Phi) is 6.00. The number of piperidine rings is 1. The average Bonchev–Trinajstić information content (AvgIpc) is 2.69. The SMILES string of the molecule is COc1cccc(O[C@@H](C)C(=O)Nc2ccc(N3CCCCC3)cc2)c1. The minimum atomic E-state index is -0.608. The normalized spacial score (nSPS) is 15.2. The lowest BCUT2D eigenvalue weighted by Gasteiger charge is -2.28. The number of rotatable bonds is 6. The van der Waals surface area contributed by atoms with Gasteiger partial charge in [0.25, 0.3) is 5.91 Å². The van der Waals surface area contributed by atoms with E-state index in [0.717, 1.165) is 18.8 Å². The second-order valence-electron chi connectivity index (χ2n) is 6.52. The molecule has 2 aromatic rings. The summed E-state index contributed by atoms with van der Waals surface area (Å²) in [6, 6.07) is 15.2. The number of amides is 1. The lowest BCUT2D eigenvalue weighted by atomic mass is 10.1. The van der Waals surface area contributed by atoms with Crippen molar-refractivity contribution >= 4 is 17.3 Å². The van der Waals surface area contributed by atoms with E-state index in [-0.39, 0.29) is 5.91 Å². The van der Waals surface area contributed by atoms with Crippen LogP contribution in [0.15, 0.2) is 48.5 Å². The molecule has 1 N–H and O–H groups in total. The number of nitrogens with one attached hydrogen (secondary N) is 1. The molecule has 0 aromatic heterocycles. The minimum absolute atomic E-state index is 0.182. The van der Waals surface area contributed by atoms with Gasteiger partial charge in [-0.25, -0.2) is 0 Å². The highest BCUT2D eigenvalue weighted by Crippen LogP contribution is 2.23. The van der Waals surface area contributed by atoms with E-state index in [1.54, 1.807) is 26.2 Å². The van der Waals surface area contributed by atoms with Gasteiger partial charge in [0, 0.05) is 30.5 Å². The topological polar surface area (TPSA) is 50.8 Å². The molecule has 1 heterocycles. The zero-order valence-electron chi connectivity index (χ0n) is 15.4. The van der Waals surface area contributed by atoms with Crippen molar-refractivity contribution in [1.29, 1.82) is 0 Å². The molecule has 5 heteroatoms. The van der Waals surface area contributed by atoms with Crippen LogP contribution in [0.4, 0.5) is 11.4 Å². The first-order chi connectivity index (χ1) is 12.7. The maximum Gasteiger partial charge on any atom is 0.265 e. The molecular weight excluding hydrogens is 328 g/mol. The fourth-order valence-electron chi connectivity index (χ4n) is 3.08. The number of hydrogen-bond acceptors (Lipinski definition) is 4. The maximum atomic E-state index is 12.4. The van der Waals surface area contributed by atoms with Crippen LogP contribution in [-0.2, 0) is 4.79 Å². The molecule has 1 aliphatic rings. The number of ether oxygens (including phenoxy) is 2. The molecule has 1 amide bonds. The summed E-state index contributed by atoms with van der Waals surface area (Å²) in [4.78, 5) is 14.8. The number of anilines is 2. The number of carbonyl (C=O) groups is 1. The smallest absolute Gasteiger partial charge is 0.265 e. The Bertz CT molecular complexity index is 724. The maximum absolute atomic E-state index is 12.4. The highest BCUT2D eigenvalue weighted by atomic mass is 16.5. The van der Waals surface area contributed by atoms with E-state index >= 15 is 0 Å². The fraction of sp³-hybridized carbons (Fsp3) is 0.381. The minimum Gasteiger partial charge on any atom is -0.497 e. The van der Waals surface area contributed by atoms with Gasteiger partial charge < -0.3 is 19.7 Å². The van der Waals surface area contributed by atoms with Gasteiger partial charge in [-0.1, -0.05) is 6.07 Å². The summed E-state index contributed by atoms with van der Waals surface area (Å²) in [6.45, 7) is 3.95. The van der Waals surface area contributed by atoms with Crippen LogP contribution < -0.4 is 19.7 Å². The standard InChI is InChI=1S/C21H26N2O3/c1-16(26-20-8-6-7-19(15-20)25-2)21(24)22-17-9-11-18(12-10-17)23-13-4-3-5-14-23/h6-12,15-16H,3-5,13-14H2,1-2H3,(H,22,24)/t16-/m0/s1. The largest absolute Gasteiger partial charge is 0.497 e. The number of hydrogen-bond donors (Lipinski definition) is 1. The molecule has 5 nitrogen and oxygen atoms in total. The third kappa shape index (κ3) is 4.69. The van der Waals surface area contributed by atoms with Crippen LogP contribution in [0.25, 0.3) is 0 Å². The molecule has 0 spiro atoms. The third-order valence-corrected chi connectivity index (χ3v) is 4.58. The Morgan fingerprint density at radius 2 is 1.73 bits per heavy atom. The molecule has 138 valence electrons. The predicted octanol–water partition coefficient (Wildman–Crippen LogP) is 4.09. The first kappa shape index (κ1) is 18.1. The molecule has 0 radical (unpaired) electrons. The Morgan fingerprint density at radius 1 is 1.04 bits per heavy atom. The van der Waals surface area contributed by atoms with Crippen molar-refractivity contribution in [3.63, 3.8) is 0 Å². The summed E-state index contributed by atoms with van der Waals surface area (Å²) in [7, 11) is 1.60. The van der Waals surface area contributed by atoms with E-state index in [1.807, 2.05) is 24.3 Å². The highest BCUT2D eigenvalue weighted by Gasteiger charge is 2.16. The van der Waals surface area contributed by atoms with Gasteiger partial charge >= 0.3 is 0 Å². The van der Waals surface area contributed by atoms with Crippen LogP contribution in [-0.4, -0.2) is 32.2 Å². The van der Waals surface area contributed by atoms with Crippen molar-refractivity contribution < 1.29 is 14.3 Å². The quantitative estimate of drug-likeness (QED) is 0.849. The second kappa shape index (κ2) is 8.61. The fourth-order valence-corrected chi connectivity index (χ4v) is 3.08. The third-order valence-electron chi connectivity index (χ3n) is 4.58. The van der Waals surface area contributed by atoms with Crippen molar-refractivity contribution in [3.8, 4) is 11.5 Å². The Balaban J connectivity index is 1.56. The highest BCUT2D eigenvalue weighted by molar-refractivity contribution is 5.94. The molecule has 0 saturated carbocycles. The summed E-state index contributed by atoms with van der Waals surface area (Å²) in [5.41, 5.74) is 1.99. The monoisotopic (exact) mass is 354 g/mol. The van der Waals surface area contributed by atoms with Crippen LogP contribution in [0.2, 0.25) is 0 Å². The number of methoxy groups -OCH3 is 1. The van der Waals surface area contributed by atoms with Crippen LogP contribution in [0.1, 0.15) is 26.2 Å². The van der Waals surface area contributed by atoms with Crippen molar-refractivity contribution in [3.05, 3.63) is 48.5 Å². The molecule has 0 bridgehead atoms. The zero-order valence-corrected chi connectivity index (χ0v) is 15.4. The van der Waals surface area contributed by atoms with E-state index in [1.165, 1.54) is 24.9 Å². The molecule has 1 aliphatic heterocycles. The van der Waals surface area contributed by atoms with Crippen molar-refractivity contribution in [2.45, 2.75) is 32.3 Å². The van der Waals surface area contributed by atoms with Gasteiger partial charge in [0.05, 0.1) is 7.11 Å². The lowest BCUT2D eigenvalue weighted by molar-refractivity contribution is -0.122. The van der Waals surface area contributed by atoms with Crippen LogP contribution in [0.5, 0.6) is 11.5 Å². The number of nitrogens with zero attached hydrogens (tertiary/aromatic N) is 1. The first-order valence-electron chi connectivity index (χ1n) is 9.12. The molecule has 1 atom stereocenters. The summed E-state index contributed by atoms with van der Waals surface area (Å²) in [5.74, 6) is 1.12. The molecule has 1 fully saturated rings. The Labute approximate surface area is 154 Å². The molecule has 1 saturated heterocycles. The lowest BCUT2D eigenvalue weighted by Crippen LogP contribution is -2.30. The van der Waals surface area contributed by atoms with Crippen LogP contribution in [0.3, 0.4) is 0 Å². The van der Waals surface area contributed by atoms with Gasteiger partial charge in [0.1, 0.15) is 11.5 Å². The van der Waals surface area contributed by atoms with Gasteiger partial charge in [-0.3, -0.25) is 4.79 Å². The van der Waals surface area contributed by atoms with Crippen LogP contribution in [0, 0.1) is 0 Å². The van der Waals surface area contributed by atoms with Gasteiger partial charge in [0.2, 0.25) is 0 Å². The van der Waals surface area contributed by atoms with Gasteiger partial charge in [-0.2, -0.15) is 0 Å². The molecular formula is C21H26N2O3. The van der Waals surface area contributed by atoms with Crippen molar-refractivity contribution in [1.82, 2.24) is 0 Å². The van der Waals surface area contributed by atoms with Crippen LogP contribution >= 0.6 is 0 Å². The first-order valence-corrected chi connectivity index (χ1v) is 9.12. The summed E-state index contributed by atoms with van der Waals surface area (Å²) in [6.07, 6.45) is 3.20. The Morgan fingerprint density at radius 3 is 2.42 bits per heavy atom.